The van der Waals surface area contributed by atoms with Crippen molar-refractivity contribution in [3.05, 3.63) is 77.7 Å². The average Bonchev–Trinajstić information content (AvgIpc) is 3.50. The molecule has 0 spiro atoms. The van der Waals surface area contributed by atoms with E-state index in [0.29, 0.717) is 48.9 Å². The van der Waals surface area contributed by atoms with Gasteiger partial charge in [-0.1, -0.05) is 26.3 Å². The Morgan fingerprint density at radius 2 is 1.73 bits per heavy atom. The first-order chi connectivity index (χ1) is 19.4. The summed E-state index contributed by atoms with van der Waals surface area (Å²) >= 11 is 0. The Labute approximate surface area is 237 Å². The van der Waals surface area contributed by atoms with Crippen molar-refractivity contribution in [1.29, 1.82) is 0 Å². The molecule has 1 aromatic heterocycles. The average molecular weight is 551 g/mol. The van der Waals surface area contributed by atoms with Crippen molar-refractivity contribution in [3.63, 3.8) is 0 Å². The minimum atomic E-state index is -0.180. The first-order valence-electron chi connectivity index (χ1n) is 13.9. The highest BCUT2D eigenvalue weighted by molar-refractivity contribution is 5.96. The summed E-state index contributed by atoms with van der Waals surface area (Å²) in [5.74, 6) is 2.37. The summed E-state index contributed by atoms with van der Waals surface area (Å²) in [7, 11) is 3.20. The van der Waals surface area contributed by atoms with Gasteiger partial charge in [0, 0.05) is 18.2 Å². The van der Waals surface area contributed by atoms with Gasteiger partial charge in [0.05, 0.1) is 33.6 Å². The smallest absolute Gasteiger partial charge is 0.254 e. The van der Waals surface area contributed by atoms with Crippen LogP contribution in [0.15, 0.2) is 65.3 Å². The molecule has 3 aromatic rings. The van der Waals surface area contributed by atoms with Crippen LogP contribution < -0.4 is 14.2 Å². The van der Waals surface area contributed by atoms with Crippen LogP contribution in [0.5, 0.6) is 17.2 Å². The van der Waals surface area contributed by atoms with Gasteiger partial charge in [0.25, 0.3) is 5.91 Å². The van der Waals surface area contributed by atoms with Crippen molar-refractivity contribution in [2.24, 2.45) is 0 Å². The van der Waals surface area contributed by atoms with Gasteiger partial charge in [-0.05, 0) is 80.3 Å². The highest BCUT2D eigenvalue weighted by atomic mass is 16.5. The summed E-state index contributed by atoms with van der Waals surface area (Å²) in [5, 5.41) is 0. The molecule has 216 valence electrons. The second-order valence-electron chi connectivity index (χ2n) is 9.75. The van der Waals surface area contributed by atoms with Gasteiger partial charge >= 0.3 is 0 Å². The molecule has 0 bridgehead atoms. The third-order valence-electron chi connectivity index (χ3n) is 6.96. The lowest BCUT2D eigenvalue weighted by molar-refractivity contribution is -0.133. The predicted molar refractivity (Wildman–Crippen MR) is 155 cm³/mol. The summed E-state index contributed by atoms with van der Waals surface area (Å²) in [5.41, 5.74) is 1.53. The lowest BCUT2D eigenvalue weighted by Gasteiger charge is -2.31. The molecule has 1 heterocycles. The van der Waals surface area contributed by atoms with Crippen molar-refractivity contribution in [2.75, 3.05) is 33.9 Å². The quantitative estimate of drug-likeness (QED) is 0.204. The van der Waals surface area contributed by atoms with E-state index in [9.17, 15) is 9.59 Å². The second kappa shape index (κ2) is 15.6. The number of unbranched alkanes of at least 4 members (excludes halogenated alkanes) is 1. The van der Waals surface area contributed by atoms with E-state index >= 15 is 0 Å². The van der Waals surface area contributed by atoms with E-state index in [-0.39, 0.29) is 24.4 Å². The summed E-state index contributed by atoms with van der Waals surface area (Å²) in [4.78, 5) is 30.7. The van der Waals surface area contributed by atoms with Crippen LogP contribution in [0.2, 0.25) is 0 Å². The number of hydrogen-bond acceptors (Lipinski definition) is 6. The van der Waals surface area contributed by atoms with Gasteiger partial charge in [-0.15, -0.1) is 0 Å². The Kier molecular flexibility index (Phi) is 11.9. The van der Waals surface area contributed by atoms with Crippen LogP contribution in [0.4, 0.5) is 0 Å². The zero-order valence-electron chi connectivity index (χ0n) is 24.4. The molecule has 0 radical (unpaired) electrons. The molecule has 0 fully saturated rings. The minimum absolute atomic E-state index is 0.0325. The highest BCUT2D eigenvalue weighted by Crippen LogP contribution is 2.28. The van der Waals surface area contributed by atoms with E-state index in [1.807, 2.05) is 50.2 Å². The van der Waals surface area contributed by atoms with Crippen molar-refractivity contribution in [2.45, 2.75) is 59.0 Å². The van der Waals surface area contributed by atoms with E-state index in [1.165, 1.54) is 0 Å². The van der Waals surface area contributed by atoms with Crippen molar-refractivity contribution in [3.8, 4) is 17.2 Å². The lowest BCUT2D eigenvalue weighted by Crippen LogP contribution is -2.46. The van der Waals surface area contributed by atoms with Gasteiger partial charge in [-0.3, -0.25) is 9.59 Å². The molecular weight excluding hydrogens is 508 g/mol. The Morgan fingerprint density at radius 3 is 2.35 bits per heavy atom. The van der Waals surface area contributed by atoms with Crippen LogP contribution in [0, 0.1) is 0 Å². The number of hydrogen-bond donors (Lipinski definition) is 0. The second-order valence-corrected chi connectivity index (χ2v) is 9.75. The number of ether oxygens (including phenoxy) is 3. The molecule has 2 amide bonds. The molecule has 1 unspecified atom stereocenters. The SMILES string of the molecule is CCCCOc1ccc(C(=O)N(CC(=O)N(CCc2ccc(OC)c(OC)c2)Cc2ccco2)C(C)CC)cc1. The third kappa shape index (κ3) is 8.53. The number of carbonyl (C=O) groups excluding carboxylic acids is 2. The maximum absolute atomic E-state index is 13.7. The molecule has 0 aliphatic heterocycles. The number of furan rings is 1. The largest absolute Gasteiger partial charge is 0.494 e. The molecule has 2 aromatic carbocycles. The Morgan fingerprint density at radius 1 is 0.975 bits per heavy atom. The summed E-state index contributed by atoms with van der Waals surface area (Å²) in [6.45, 7) is 7.46. The maximum Gasteiger partial charge on any atom is 0.254 e. The number of nitrogens with zero attached hydrogens (tertiary/aromatic N) is 2. The predicted octanol–water partition coefficient (Wildman–Crippen LogP) is 5.99. The standard InChI is InChI=1S/C32H42N2O6/c1-6-8-19-39-27-14-12-26(13-15-27)32(36)34(24(3)7-2)23-31(35)33(22-28-10-9-20-40-28)18-17-25-11-16-29(37-4)30(21-25)38-5/h9-16,20-21,24H,6-8,17-19,22-23H2,1-5H3. The number of carbonyl (C=O) groups is 2. The van der Waals surface area contributed by atoms with Gasteiger partial charge in [-0.2, -0.15) is 0 Å². The zero-order valence-corrected chi connectivity index (χ0v) is 24.4. The van der Waals surface area contributed by atoms with Crippen LogP contribution in [-0.4, -0.2) is 61.6 Å². The molecule has 0 aliphatic rings. The number of methoxy groups -OCH3 is 2. The Hall–Kier alpha value is -3.94. The van der Waals surface area contributed by atoms with Gasteiger partial charge in [0.15, 0.2) is 11.5 Å². The van der Waals surface area contributed by atoms with Crippen LogP contribution in [0.3, 0.4) is 0 Å². The monoisotopic (exact) mass is 550 g/mol. The fourth-order valence-electron chi connectivity index (χ4n) is 4.27. The molecule has 8 nitrogen and oxygen atoms in total. The van der Waals surface area contributed by atoms with E-state index in [0.717, 1.165) is 30.6 Å². The summed E-state index contributed by atoms with van der Waals surface area (Å²) in [6, 6.07) is 16.4. The number of amides is 2. The van der Waals surface area contributed by atoms with Crippen LogP contribution in [-0.2, 0) is 17.8 Å². The molecule has 0 aliphatic carbocycles. The first-order valence-corrected chi connectivity index (χ1v) is 13.9. The molecule has 0 N–H and O–H groups in total. The minimum Gasteiger partial charge on any atom is -0.494 e. The molecule has 1 atom stereocenters. The molecule has 3 rings (SSSR count). The lowest BCUT2D eigenvalue weighted by atomic mass is 10.1. The van der Waals surface area contributed by atoms with Gasteiger partial charge in [-0.25, -0.2) is 0 Å². The highest BCUT2D eigenvalue weighted by Gasteiger charge is 2.26. The number of rotatable bonds is 16. The van der Waals surface area contributed by atoms with E-state index in [2.05, 4.69) is 6.92 Å². The Balaban J connectivity index is 1.75. The van der Waals surface area contributed by atoms with Crippen LogP contribution in [0.1, 0.15) is 61.7 Å². The molecule has 40 heavy (non-hydrogen) atoms. The van der Waals surface area contributed by atoms with Gasteiger partial charge < -0.3 is 28.4 Å². The van der Waals surface area contributed by atoms with E-state index in [4.69, 9.17) is 18.6 Å². The first kappa shape index (κ1) is 30.6. The normalized spacial score (nSPS) is 11.5. The van der Waals surface area contributed by atoms with Gasteiger partial charge in [0.2, 0.25) is 5.91 Å². The molecule has 0 saturated carbocycles. The maximum atomic E-state index is 13.7. The van der Waals surface area contributed by atoms with Crippen molar-refractivity contribution in [1.82, 2.24) is 9.80 Å². The molecular formula is C32H42N2O6. The van der Waals surface area contributed by atoms with E-state index < -0.39 is 0 Å². The van der Waals surface area contributed by atoms with Crippen LogP contribution >= 0.6 is 0 Å². The Bertz CT molecular complexity index is 1190. The summed E-state index contributed by atoms with van der Waals surface area (Å²) < 4.78 is 22.1. The van der Waals surface area contributed by atoms with Gasteiger partial charge in [0.1, 0.15) is 18.1 Å². The fourth-order valence-corrected chi connectivity index (χ4v) is 4.27. The van der Waals surface area contributed by atoms with Crippen molar-refractivity contribution < 1.29 is 28.2 Å². The van der Waals surface area contributed by atoms with E-state index in [1.54, 1.807) is 48.5 Å². The number of benzene rings is 2. The third-order valence-corrected chi connectivity index (χ3v) is 6.96. The molecule has 8 heteroatoms. The topological polar surface area (TPSA) is 81.5 Å². The fraction of sp³-hybridized carbons (Fsp3) is 0.438. The zero-order chi connectivity index (χ0) is 28.9. The van der Waals surface area contributed by atoms with Crippen molar-refractivity contribution >= 4 is 11.8 Å². The summed E-state index contributed by atoms with van der Waals surface area (Å²) in [6.07, 6.45) is 4.95. The van der Waals surface area contributed by atoms with Crippen LogP contribution in [0.25, 0.3) is 0 Å². The molecule has 0 saturated heterocycles.